The molecule has 1 heterocycles. The number of rotatable bonds is 1. The van der Waals surface area contributed by atoms with Gasteiger partial charge in [0.25, 0.3) is 22.6 Å². The molecular formula is C6H10B3N3. The van der Waals surface area contributed by atoms with E-state index in [0.717, 1.165) is 22.6 Å². The minimum atomic E-state index is 0.906. The number of nitrogens with zero attached hydrogens (tertiary/aromatic N) is 1. The number of hydrogen-bond donors (Lipinski definition) is 2. The van der Waals surface area contributed by atoms with Gasteiger partial charge < -0.3 is 15.0 Å². The summed E-state index contributed by atoms with van der Waals surface area (Å²) in [6.45, 7) is 0. The Morgan fingerprint density at radius 1 is 1.00 bits per heavy atom. The third-order valence-corrected chi connectivity index (χ3v) is 1.98. The van der Waals surface area contributed by atoms with Gasteiger partial charge in [0.05, 0.1) is 0 Å². The molecule has 1 aliphatic rings. The summed E-state index contributed by atoms with van der Waals surface area (Å²) in [6.07, 6.45) is 0. The first-order valence-electron chi connectivity index (χ1n) is 4.18. The normalized spacial score (nSPS) is 15.8. The molecule has 0 aliphatic carbocycles. The van der Waals surface area contributed by atoms with Gasteiger partial charge in [-0.15, -0.1) is 0 Å². The molecule has 6 heteroatoms. The molecule has 0 radical (unpaired) electrons. The Hall–Kier alpha value is -0.865. The fourth-order valence-electron chi connectivity index (χ4n) is 1.35. The molecule has 12 heavy (non-hydrogen) atoms. The van der Waals surface area contributed by atoms with Crippen LogP contribution in [0.15, 0.2) is 30.3 Å². The second kappa shape index (κ2) is 3.69. The van der Waals surface area contributed by atoms with Crippen LogP contribution < -0.4 is 15.0 Å². The van der Waals surface area contributed by atoms with Crippen LogP contribution in [0.5, 0.6) is 0 Å². The molecular weight excluding hydrogens is 147 g/mol. The van der Waals surface area contributed by atoms with E-state index in [-0.39, 0.29) is 0 Å². The number of nitrogens with one attached hydrogen (secondary N) is 2. The van der Waals surface area contributed by atoms with Crippen molar-refractivity contribution in [1.29, 1.82) is 0 Å². The monoisotopic (exact) mass is 157 g/mol. The molecule has 0 unspecified atom stereocenters. The zero-order valence-electron chi connectivity index (χ0n) is 6.96. The van der Waals surface area contributed by atoms with E-state index in [1.165, 1.54) is 5.69 Å². The molecule has 0 atom stereocenters. The highest BCUT2D eigenvalue weighted by molar-refractivity contribution is 6.73. The van der Waals surface area contributed by atoms with E-state index in [1.807, 2.05) is 6.07 Å². The molecule has 3 nitrogen and oxygen atoms in total. The zero-order valence-corrected chi connectivity index (χ0v) is 6.96. The first kappa shape index (κ1) is 7.77. The maximum absolute atomic E-state index is 3.25. The Bertz CT molecular complexity index is 237. The summed E-state index contributed by atoms with van der Waals surface area (Å²) in [5.41, 5.74) is 1.26. The van der Waals surface area contributed by atoms with Gasteiger partial charge >= 0.3 is 0 Å². The van der Waals surface area contributed by atoms with Crippen molar-refractivity contribution in [2.45, 2.75) is 0 Å². The summed E-state index contributed by atoms with van der Waals surface area (Å²) < 4.78 is 2.25. The van der Waals surface area contributed by atoms with Crippen LogP contribution in [-0.4, -0.2) is 22.6 Å². The molecule has 58 valence electrons. The lowest BCUT2D eigenvalue weighted by atomic mass is 9.80. The average Bonchev–Trinajstić information content (AvgIpc) is 2.21. The molecule has 1 fully saturated rings. The fourth-order valence-corrected chi connectivity index (χ4v) is 1.35. The van der Waals surface area contributed by atoms with Crippen LogP contribution in [0.25, 0.3) is 0 Å². The lowest BCUT2D eigenvalue weighted by Crippen LogP contribution is -2.58. The largest absolute Gasteiger partial charge is 0.441 e. The van der Waals surface area contributed by atoms with Crippen molar-refractivity contribution in [3.05, 3.63) is 30.3 Å². The summed E-state index contributed by atoms with van der Waals surface area (Å²) in [7, 11) is 2.76. The van der Waals surface area contributed by atoms with Gasteiger partial charge in [0.2, 0.25) is 0 Å². The molecule has 0 saturated carbocycles. The molecule has 0 bridgehead atoms. The maximum atomic E-state index is 3.25. The van der Waals surface area contributed by atoms with Gasteiger partial charge in [-0.2, -0.15) is 0 Å². The topological polar surface area (TPSA) is 27.3 Å². The Balaban J connectivity index is 2.08. The minimum absolute atomic E-state index is 0.906. The van der Waals surface area contributed by atoms with Crippen molar-refractivity contribution in [3.63, 3.8) is 0 Å². The van der Waals surface area contributed by atoms with E-state index in [4.69, 9.17) is 0 Å². The number of anilines is 1. The Kier molecular flexibility index (Phi) is 2.39. The van der Waals surface area contributed by atoms with Crippen LogP contribution in [0.1, 0.15) is 0 Å². The molecule has 2 N–H and O–H groups in total. The summed E-state index contributed by atoms with van der Waals surface area (Å²) in [4.78, 5) is 0. The van der Waals surface area contributed by atoms with E-state index >= 15 is 0 Å². The summed E-state index contributed by atoms with van der Waals surface area (Å²) in [5, 5.41) is 6.50. The maximum Gasteiger partial charge on any atom is 0.298 e. The Morgan fingerprint density at radius 3 is 2.33 bits per heavy atom. The lowest BCUT2D eigenvalue weighted by molar-refractivity contribution is 1.31. The highest BCUT2D eigenvalue weighted by Gasteiger charge is 2.12. The van der Waals surface area contributed by atoms with Crippen LogP contribution >= 0.6 is 0 Å². The van der Waals surface area contributed by atoms with Gasteiger partial charge in [-0.3, -0.25) is 0 Å². The second-order valence-electron chi connectivity index (χ2n) is 2.87. The third kappa shape index (κ3) is 1.65. The van der Waals surface area contributed by atoms with E-state index < -0.39 is 0 Å². The third-order valence-electron chi connectivity index (χ3n) is 1.98. The number of benzene rings is 1. The predicted molar refractivity (Wildman–Crippen MR) is 56.6 cm³/mol. The van der Waals surface area contributed by atoms with Crippen molar-refractivity contribution < 1.29 is 0 Å². The summed E-state index contributed by atoms with van der Waals surface area (Å²) >= 11 is 0. The van der Waals surface area contributed by atoms with Gasteiger partial charge in [-0.25, -0.2) is 0 Å². The lowest BCUT2D eigenvalue weighted by Gasteiger charge is -2.27. The van der Waals surface area contributed by atoms with Crippen LogP contribution in [0, 0.1) is 0 Å². The molecule has 1 aromatic carbocycles. The zero-order chi connectivity index (χ0) is 8.23. The molecule has 0 spiro atoms. The predicted octanol–water partition coefficient (Wildman–Crippen LogP) is -1.51. The second-order valence-corrected chi connectivity index (χ2v) is 2.87. The van der Waals surface area contributed by atoms with Crippen LogP contribution in [0.4, 0.5) is 5.69 Å². The van der Waals surface area contributed by atoms with E-state index in [1.54, 1.807) is 0 Å². The number of para-hydroxylation sites is 1. The Morgan fingerprint density at radius 2 is 1.67 bits per heavy atom. The first-order chi connectivity index (χ1) is 5.97. The quantitative estimate of drug-likeness (QED) is 0.484. The molecule has 1 aromatic rings. The average molecular weight is 157 g/mol. The highest BCUT2D eigenvalue weighted by Crippen LogP contribution is 2.09. The smallest absolute Gasteiger partial charge is 0.298 e. The van der Waals surface area contributed by atoms with Gasteiger partial charge in [0.15, 0.2) is 0 Å². The first-order valence-corrected chi connectivity index (χ1v) is 4.18. The van der Waals surface area contributed by atoms with Gasteiger partial charge in [-0.1, -0.05) is 18.2 Å². The molecule has 0 amide bonds. The molecule has 2 rings (SSSR count). The van der Waals surface area contributed by atoms with Crippen molar-refractivity contribution in [2.75, 3.05) is 4.72 Å². The van der Waals surface area contributed by atoms with Crippen LogP contribution in [-0.2, 0) is 0 Å². The molecule has 1 saturated heterocycles. The van der Waals surface area contributed by atoms with Gasteiger partial charge in [0.1, 0.15) is 0 Å². The summed E-state index contributed by atoms with van der Waals surface area (Å²) in [5.74, 6) is 0. The van der Waals surface area contributed by atoms with Crippen LogP contribution in [0.3, 0.4) is 0 Å². The van der Waals surface area contributed by atoms with Gasteiger partial charge in [0, 0.05) is 5.69 Å². The minimum Gasteiger partial charge on any atom is -0.441 e. The van der Waals surface area contributed by atoms with Crippen molar-refractivity contribution >= 4 is 28.3 Å². The van der Waals surface area contributed by atoms with E-state index in [9.17, 15) is 0 Å². The van der Waals surface area contributed by atoms with Crippen molar-refractivity contribution in [1.82, 2.24) is 10.3 Å². The van der Waals surface area contributed by atoms with E-state index in [0.29, 0.717) is 0 Å². The standard InChI is InChI=1S/C6H10B3N3/c1-2-4-6(5-3-1)12-8-10-7-11-9-12/h1-5,7-11H. The Labute approximate surface area is 74.4 Å². The summed E-state index contributed by atoms with van der Waals surface area (Å²) in [6, 6.07) is 10.4. The SMILES string of the molecule is B1NBN(c2ccccc2)BN1. The van der Waals surface area contributed by atoms with Crippen molar-refractivity contribution in [2.24, 2.45) is 0 Å². The molecule has 0 aromatic heterocycles. The molecule has 1 aliphatic heterocycles. The fraction of sp³-hybridized carbons (Fsp3) is 0. The van der Waals surface area contributed by atoms with Gasteiger partial charge in [-0.05, 0) is 12.1 Å². The van der Waals surface area contributed by atoms with Crippen molar-refractivity contribution in [3.8, 4) is 0 Å². The number of hydrogen-bond acceptors (Lipinski definition) is 3. The van der Waals surface area contributed by atoms with E-state index in [2.05, 4.69) is 39.3 Å². The van der Waals surface area contributed by atoms with Crippen LogP contribution in [0.2, 0.25) is 0 Å². The highest BCUT2D eigenvalue weighted by atomic mass is 15.1.